The molecule has 1 aliphatic rings. The summed E-state index contributed by atoms with van der Waals surface area (Å²) in [4.78, 5) is 24.6. The summed E-state index contributed by atoms with van der Waals surface area (Å²) in [6.45, 7) is 3.31. The molecule has 1 fully saturated rings. The summed E-state index contributed by atoms with van der Waals surface area (Å²) in [5.41, 5.74) is 0. The molecule has 1 rings (SSSR count). The highest BCUT2D eigenvalue weighted by atomic mass is 16.4. The van der Waals surface area contributed by atoms with E-state index in [4.69, 9.17) is 5.11 Å². The highest BCUT2D eigenvalue weighted by Gasteiger charge is 2.27. The molecule has 0 aromatic carbocycles. The molecule has 1 saturated heterocycles. The number of rotatable bonds is 7. The molecule has 1 heterocycles. The molecular formula is C14H25NO3. The van der Waals surface area contributed by atoms with Crippen LogP contribution in [0, 0.1) is 5.92 Å². The standard InChI is InChI=1S/C14H25NO3/c1-2-3-4-5-6-9-13(16)15-10-7-8-12(11-15)14(17)18/h12H,2-11H2,1H3,(H,17,18)/t12-/m1/s1. The molecule has 1 aliphatic heterocycles. The minimum Gasteiger partial charge on any atom is -0.481 e. The topological polar surface area (TPSA) is 57.6 Å². The number of amides is 1. The number of carbonyl (C=O) groups excluding carboxylic acids is 1. The zero-order valence-electron chi connectivity index (χ0n) is 11.4. The Balaban J connectivity index is 2.22. The zero-order chi connectivity index (χ0) is 13.4. The van der Waals surface area contributed by atoms with Gasteiger partial charge in [0.05, 0.1) is 5.92 Å². The molecule has 0 spiro atoms. The lowest BCUT2D eigenvalue weighted by molar-refractivity contribution is -0.145. The van der Waals surface area contributed by atoms with Gasteiger partial charge in [-0.1, -0.05) is 32.6 Å². The smallest absolute Gasteiger partial charge is 0.308 e. The van der Waals surface area contributed by atoms with Crippen LogP contribution in [0.5, 0.6) is 0 Å². The van der Waals surface area contributed by atoms with Crippen LogP contribution in [-0.4, -0.2) is 35.0 Å². The first-order chi connectivity index (χ1) is 8.65. The molecule has 18 heavy (non-hydrogen) atoms. The fourth-order valence-corrected chi connectivity index (χ4v) is 2.44. The number of hydrogen-bond acceptors (Lipinski definition) is 2. The number of piperidine rings is 1. The Labute approximate surface area is 109 Å². The summed E-state index contributed by atoms with van der Waals surface area (Å²) < 4.78 is 0. The molecule has 0 radical (unpaired) electrons. The lowest BCUT2D eigenvalue weighted by Crippen LogP contribution is -2.42. The van der Waals surface area contributed by atoms with E-state index in [0.29, 0.717) is 19.4 Å². The molecule has 0 aromatic heterocycles. The van der Waals surface area contributed by atoms with Gasteiger partial charge in [-0.05, 0) is 19.3 Å². The van der Waals surface area contributed by atoms with Crippen molar-refractivity contribution in [3.05, 3.63) is 0 Å². The molecule has 0 aromatic rings. The largest absolute Gasteiger partial charge is 0.481 e. The van der Waals surface area contributed by atoms with Gasteiger partial charge in [0.15, 0.2) is 0 Å². The maximum Gasteiger partial charge on any atom is 0.308 e. The van der Waals surface area contributed by atoms with Crippen LogP contribution in [0.15, 0.2) is 0 Å². The van der Waals surface area contributed by atoms with E-state index in [1.54, 1.807) is 4.90 Å². The molecule has 104 valence electrons. The summed E-state index contributed by atoms with van der Waals surface area (Å²) >= 11 is 0. The molecule has 0 saturated carbocycles. The van der Waals surface area contributed by atoms with E-state index < -0.39 is 5.97 Å². The van der Waals surface area contributed by atoms with Gasteiger partial charge in [0.2, 0.25) is 5.91 Å². The number of aliphatic carboxylic acids is 1. The molecular weight excluding hydrogens is 230 g/mol. The number of carboxylic acid groups (broad SMARTS) is 1. The summed E-state index contributed by atoms with van der Waals surface area (Å²) in [5.74, 6) is -0.990. The molecule has 1 atom stereocenters. The third-order valence-electron chi connectivity index (χ3n) is 3.62. The normalized spacial score (nSPS) is 19.8. The van der Waals surface area contributed by atoms with Crippen molar-refractivity contribution in [2.75, 3.05) is 13.1 Å². The third kappa shape index (κ3) is 5.07. The van der Waals surface area contributed by atoms with Crippen LogP contribution < -0.4 is 0 Å². The fourth-order valence-electron chi connectivity index (χ4n) is 2.44. The second kappa shape index (κ2) is 8.11. The second-order valence-corrected chi connectivity index (χ2v) is 5.18. The molecule has 4 heteroatoms. The molecule has 1 N–H and O–H groups in total. The lowest BCUT2D eigenvalue weighted by atomic mass is 9.98. The van der Waals surface area contributed by atoms with E-state index in [-0.39, 0.29) is 11.8 Å². The van der Waals surface area contributed by atoms with Gasteiger partial charge in [-0.25, -0.2) is 0 Å². The van der Waals surface area contributed by atoms with Gasteiger partial charge in [-0.2, -0.15) is 0 Å². The Bertz CT molecular complexity index is 278. The van der Waals surface area contributed by atoms with Gasteiger partial charge in [0.1, 0.15) is 0 Å². The maximum atomic E-state index is 11.9. The Morgan fingerprint density at radius 3 is 2.61 bits per heavy atom. The van der Waals surface area contributed by atoms with Crippen molar-refractivity contribution < 1.29 is 14.7 Å². The van der Waals surface area contributed by atoms with Gasteiger partial charge in [-0.3, -0.25) is 9.59 Å². The van der Waals surface area contributed by atoms with E-state index in [9.17, 15) is 9.59 Å². The van der Waals surface area contributed by atoms with Crippen LogP contribution in [-0.2, 0) is 9.59 Å². The zero-order valence-corrected chi connectivity index (χ0v) is 11.4. The van der Waals surface area contributed by atoms with Crippen molar-refractivity contribution in [3.8, 4) is 0 Å². The predicted octanol–water partition coefficient (Wildman–Crippen LogP) is 2.67. The lowest BCUT2D eigenvalue weighted by Gasteiger charge is -2.30. The van der Waals surface area contributed by atoms with Crippen molar-refractivity contribution >= 4 is 11.9 Å². The summed E-state index contributed by atoms with van der Waals surface area (Å²) in [6, 6.07) is 0. The van der Waals surface area contributed by atoms with Crippen molar-refractivity contribution in [3.63, 3.8) is 0 Å². The Morgan fingerprint density at radius 1 is 1.22 bits per heavy atom. The van der Waals surface area contributed by atoms with Crippen molar-refractivity contribution in [1.29, 1.82) is 0 Å². The number of nitrogens with zero attached hydrogens (tertiary/aromatic N) is 1. The Kier molecular flexibility index (Phi) is 6.76. The van der Waals surface area contributed by atoms with Crippen LogP contribution >= 0.6 is 0 Å². The summed E-state index contributed by atoms with van der Waals surface area (Å²) in [5, 5.41) is 8.97. The number of carboxylic acids is 1. The number of unbranched alkanes of at least 4 members (excludes halogenated alkanes) is 4. The average Bonchev–Trinajstić information content (AvgIpc) is 2.38. The molecule has 1 amide bonds. The monoisotopic (exact) mass is 255 g/mol. The van der Waals surface area contributed by atoms with Gasteiger partial charge in [-0.15, -0.1) is 0 Å². The van der Waals surface area contributed by atoms with Gasteiger partial charge in [0.25, 0.3) is 0 Å². The van der Waals surface area contributed by atoms with Gasteiger partial charge in [0, 0.05) is 19.5 Å². The Hall–Kier alpha value is -1.06. The van der Waals surface area contributed by atoms with Crippen LogP contribution in [0.1, 0.15) is 58.3 Å². The summed E-state index contributed by atoms with van der Waals surface area (Å²) in [7, 11) is 0. The summed E-state index contributed by atoms with van der Waals surface area (Å²) in [6.07, 6.45) is 7.79. The SMILES string of the molecule is CCCCCCCC(=O)N1CCC[C@@H](C(=O)O)C1. The van der Waals surface area contributed by atoms with E-state index in [0.717, 1.165) is 25.8 Å². The molecule has 0 aliphatic carbocycles. The first-order valence-electron chi connectivity index (χ1n) is 7.15. The van der Waals surface area contributed by atoms with Crippen LogP contribution in [0.25, 0.3) is 0 Å². The second-order valence-electron chi connectivity index (χ2n) is 5.18. The molecule has 0 unspecified atom stereocenters. The van der Waals surface area contributed by atoms with Gasteiger partial charge >= 0.3 is 5.97 Å². The van der Waals surface area contributed by atoms with Crippen LogP contribution in [0.2, 0.25) is 0 Å². The Morgan fingerprint density at radius 2 is 1.94 bits per heavy atom. The number of carbonyl (C=O) groups is 2. The van der Waals surface area contributed by atoms with E-state index >= 15 is 0 Å². The minimum atomic E-state index is -0.768. The van der Waals surface area contributed by atoms with Gasteiger partial charge < -0.3 is 10.0 Å². The predicted molar refractivity (Wildman–Crippen MR) is 70.3 cm³/mol. The van der Waals surface area contributed by atoms with Crippen molar-refractivity contribution in [1.82, 2.24) is 4.90 Å². The molecule has 0 bridgehead atoms. The maximum absolute atomic E-state index is 11.9. The molecule has 4 nitrogen and oxygen atoms in total. The van der Waals surface area contributed by atoms with Crippen molar-refractivity contribution in [2.24, 2.45) is 5.92 Å². The quantitative estimate of drug-likeness (QED) is 0.711. The van der Waals surface area contributed by atoms with E-state index in [1.807, 2.05) is 0 Å². The number of likely N-dealkylation sites (tertiary alicyclic amines) is 1. The highest BCUT2D eigenvalue weighted by molar-refractivity contribution is 5.78. The fraction of sp³-hybridized carbons (Fsp3) is 0.857. The van der Waals surface area contributed by atoms with E-state index in [1.165, 1.54) is 19.3 Å². The van der Waals surface area contributed by atoms with Crippen LogP contribution in [0.4, 0.5) is 0 Å². The highest BCUT2D eigenvalue weighted by Crippen LogP contribution is 2.18. The average molecular weight is 255 g/mol. The van der Waals surface area contributed by atoms with Crippen molar-refractivity contribution in [2.45, 2.75) is 58.3 Å². The van der Waals surface area contributed by atoms with Crippen LogP contribution in [0.3, 0.4) is 0 Å². The van der Waals surface area contributed by atoms with E-state index in [2.05, 4.69) is 6.92 Å². The first-order valence-corrected chi connectivity index (χ1v) is 7.15. The number of hydrogen-bond donors (Lipinski definition) is 1. The minimum absolute atomic E-state index is 0.137. The third-order valence-corrected chi connectivity index (χ3v) is 3.62. The first kappa shape index (κ1) is 15.0.